The van der Waals surface area contributed by atoms with Gasteiger partial charge in [-0.1, -0.05) is 19.8 Å². The van der Waals surface area contributed by atoms with Gasteiger partial charge in [-0.3, -0.25) is 0 Å². The third-order valence-electron chi connectivity index (χ3n) is 4.49. The highest BCUT2D eigenvalue weighted by Gasteiger charge is 2.30. The van der Waals surface area contributed by atoms with Gasteiger partial charge in [-0.15, -0.1) is 0 Å². The molecule has 20 heavy (non-hydrogen) atoms. The van der Waals surface area contributed by atoms with Crippen molar-refractivity contribution in [2.24, 2.45) is 5.92 Å². The summed E-state index contributed by atoms with van der Waals surface area (Å²) in [5.74, 6) is 0.512. The molecule has 5 nitrogen and oxygen atoms in total. The van der Waals surface area contributed by atoms with Crippen molar-refractivity contribution in [1.29, 1.82) is 0 Å². The van der Waals surface area contributed by atoms with Crippen molar-refractivity contribution in [3.63, 3.8) is 0 Å². The van der Waals surface area contributed by atoms with Gasteiger partial charge in [-0.25, -0.2) is 0 Å². The number of nitrogens with zero attached hydrogens (tertiary/aromatic N) is 2. The van der Waals surface area contributed by atoms with Gasteiger partial charge in [-0.05, 0) is 44.7 Å². The van der Waals surface area contributed by atoms with Crippen LogP contribution in [-0.4, -0.2) is 56.3 Å². The fraction of sp³-hybridized carbons (Fsp3) is 1.00. The summed E-state index contributed by atoms with van der Waals surface area (Å²) in [6.45, 7) is 6.67. The van der Waals surface area contributed by atoms with Crippen molar-refractivity contribution in [1.82, 2.24) is 13.9 Å². The number of nitrogens with one attached hydrogen (secondary N) is 1. The number of hydrogen-bond donors (Lipinski definition) is 1. The summed E-state index contributed by atoms with van der Waals surface area (Å²) in [4.78, 5) is 0. The summed E-state index contributed by atoms with van der Waals surface area (Å²) in [6, 6.07) is 0. The van der Waals surface area contributed by atoms with Gasteiger partial charge in [0.15, 0.2) is 0 Å². The molecule has 118 valence electrons. The molecule has 6 heteroatoms. The maximum atomic E-state index is 12.8. The van der Waals surface area contributed by atoms with Gasteiger partial charge < -0.3 is 5.32 Å². The molecule has 0 atom stereocenters. The first-order valence-electron chi connectivity index (χ1n) is 8.10. The van der Waals surface area contributed by atoms with Gasteiger partial charge in [0, 0.05) is 26.2 Å². The standard InChI is InChI=1S/C14H29N3O2S/c1-2-16(13-14-7-9-15-10-8-14)20(18,19)17-11-5-3-4-6-12-17/h14-15H,2-13H2,1H3. The molecule has 0 aromatic heterocycles. The Morgan fingerprint density at radius 3 is 2.25 bits per heavy atom. The number of hydrogen-bond acceptors (Lipinski definition) is 3. The molecule has 0 unspecified atom stereocenters. The molecule has 0 spiro atoms. The minimum absolute atomic E-state index is 0.512. The highest BCUT2D eigenvalue weighted by atomic mass is 32.2. The van der Waals surface area contributed by atoms with E-state index in [1.165, 1.54) is 0 Å². The molecule has 2 saturated heterocycles. The SMILES string of the molecule is CCN(CC1CCNCC1)S(=O)(=O)N1CCCCCC1. The Morgan fingerprint density at radius 1 is 1.10 bits per heavy atom. The topological polar surface area (TPSA) is 52.7 Å². The summed E-state index contributed by atoms with van der Waals surface area (Å²) < 4.78 is 29.0. The van der Waals surface area contributed by atoms with Crippen molar-refractivity contribution in [2.45, 2.75) is 45.4 Å². The lowest BCUT2D eigenvalue weighted by atomic mass is 9.98. The molecule has 2 heterocycles. The molecule has 0 aromatic rings. The van der Waals surface area contributed by atoms with Gasteiger partial charge >= 0.3 is 0 Å². The molecule has 2 aliphatic heterocycles. The molecule has 0 radical (unpaired) electrons. The van der Waals surface area contributed by atoms with Crippen molar-refractivity contribution in [3.05, 3.63) is 0 Å². The quantitative estimate of drug-likeness (QED) is 0.836. The fourth-order valence-corrected chi connectivity index (χ4v) is 4.95. The summed E-state index contributed by atoms with van der Waals surface area (Å²) >= 11 is 0. The first kappa shape index (κ1) is 16.2. The maximum Gasteiger partial charge on any atom is 0.281 e. The molecule has 0 bridgehead atoms. The summed E-state index contributed by atoms with van der Waals surface area (Å²) in [7, 11) is -3.25. The van der Waals surface area contributed by atoms with Crippen LogP contribution in [0.4, 0.5) is 0 Å². The van der Waals surface area contributed by atoms with E-state index in [1.807, 2.05) is 6.92 Å². The third-order valence-corrected chi connectivity index (χ3v) is 6.57. The summed E-state index contributed by atoms with van der Waals surface area (Å²) in [5.41, 5.74) is 0. The smallest absolute Gasteiger partial charge is 0.281 e. The molecule has 1 N–H and O–H groups in total. The van der Waals surface area contributed by atoms with Crippen molar-refractivity contribution in [2.75, 3.05) is 39.3 Å². The van der Waals surface area contributed by atoms with Crippen LogP contribution in [0.1, 0.15) is 45.4 Å². The van der Waals surface area contributed by atoms with Gasteiger partial charge in [0.25, 0.3) is 10.2 Å². The van der Waals surface area contributed by atoms with Crippen LogP contribution in [0.2, 0.25) is 0 Å². The number of piperidine rings is 1. The number of rotatable bonds is 5. The van der Waals surface area contributed by atoms with E-state index in [9.17, 15) is 8.42 Å². The maximum absolute atomic E-state index is 12.8. The molecule has 0 amide bonds. The lowest BCUT2D eigenvalue weighted by Crippen LogP contribution is -2.47. The largest absolute Gasteiger partial charge is 0.317 e. The second-order valence-corrected chi connectivity index (χ2v) is 7.89. The Bertz CT molecular complexity index is 372. The highest BCUT2D eigenvalue weighted by Crippen LogP contribution is 2.20. The average Bonchev–Trinajstić information content (AvgIpc) is 2.75. The molecule has 2 fully saturated rings. The van der Waals surface area contributed by atoms with Crippen molar-refractivity contribution < 1.29 is 8.42 Å². The van der Waals surface area contributed by atoms with E-state index in [4.69, 9.17) is 0 Å². The van der Waals surface area contributed by atoms with E-state index >= 15 is 0 Å². The van der Waals surface area contributed by atoms with Crippen LogP contribution in [0.5, 0.6) is 0 Å². The predicted octanol–water partition coefficient (Wildman–Crippen LogP) is 1.43. The van der Waals surface area contributed by atoms with Gasteiger partial charge in [0.1, 0.15) is 0 Å². The zero-order valence-electron chi connectivity index (χ0n) is 12.7. The Labute approximate surface area is 123 Å². The summed E-state index contributed by atoms with van der Waals surface area (Å²) in [5, 5.41) is 3.34. The van der Waals surface area contributed by atoms with E-state index in [0.717, 1.165) is 51.6 Å². The molecule has 0 aliphatic carbocycles. The van der Waals surface area contributed by atoms with Gasteiger partial charge in [0.05, 0.1) is 0 Å². The normalized spacial score (nSPS) is 23.9. The second-order valence-electron chi connectivity index (χ2n) is 5.97. The van der Waals surface area contributed by atoms with Crippen molar-refractivity contribution in [3.8, 4) is 0 Å². The Kier molecular flexibility index (Phi) is 6.26. The molecule has 2 aliphatic rings. The van der Waals surface area contributed by atoms with E-state index in [2.05, 4.69) is 5.32 Å². The van der Waals surface area contributed by atoms with Crippen molar-refractivity contribution >= 4 is 10.2 Å². The zero-order chi connectivity index (χ0) is 14.4. The van der Waals surface area contributed by atoms with Crippen LogP contribution in [0.25, 0.3) is 0 Å². The highest BCUT2D eigenvalue weighted by molar-refractivity contribution is 7.86. The van der Waals surface area contributed by atoms with Crippen LogP contribution >= 0.6 is 0 Å². The Hall–Kier alpha value is -0.170. The first-order chi connectivity index (χ1) is 9.64. The molecular formula is C14H29N3O2S. The van der Waals surface area contributed by atoms with Crippen LogP contribution in [0.15, 0.2) is 0 Å². The van der Waals surface area contributed by atoms with Crippen LogP contribution in [0, 0.1) is 5.92 Å². The first-order valence-corrected chi connectivity index (χ1v) is 9.50. The molecule has 0 saturated carbocycles. The molecule has 2 rings (SSSR count). The Morgan fingerprint density at radius 2 is 1.70 bits per heavy atom. The molecular weight excluding hydrogens is 274 g/mol. The minimum Gasteiger partial charge on any atom is -0.317 e. The Balaban J connectivity index is 1.99. The monoisotopic (exact) mass is 303 g/mol. The van der Waals surface area contributed by atoms with Crippen LogP contribution < -0.4 is 5.32 Å². The van der Waals surface area contributed by atoms with Crippen LogP contribution in [0.3, 0.4) is 0 Å². The lowest BCUT2D eigenvalue weighted by Gasteiger charge is -2.32. The lowest BCUT2D eigenvalue weighted by molar-refractivity contribution is 0.275. The second kappa shape index (κ2) is 7.73. The molecule has 0 aromatic carbocycles. The summed E-state index contributed by atoms with van der Waals surface area (Å²) in [6.07, 6.45) is 6.51. The van der Waals surface area contributed by atoms with Crippen LogP contribution in [-0.2, 0) is 10.2 Å². The third kappa shape index (κ3) is 4.16. The van der Waals surface area contributed by atoms with E-state index in [1.54, 1.807) is 8.61 Å². The van der Waals surface area contributed by atoms with Gasteiger partial charge in [-0.2, -0.15) is 17.0 Å². The fourth-order valence-electron chi connectivity index (χ4n) is 3.17. The van der Waals surface area contributed by atoms with E-state index in [0.29, 0.717) is 32.1 Å². The zero-order valence-corrected chi connectivity index (χ0v) is 13.5. The van der Waals surface area contributed by atoms with E-state index in [-0.39, 0.29) is 0 Å². The minimum atomic E-state index is -3.25. The van der Waals surface area contributed by atoms with E-state index < -0.39 is 10.2 Å². The predicted molar refractivity (Wildman–Crippen MR) is 81.8 cm³/mol. The average molecular weight is 303 g/mol. The van der Waals surface area contributed by atoms with Gasteiger partial charge in [0.2, 0.25) is 0 Å².